The number of hydrogen-bond donors (Lipinski definition) is 1. The molecule has 0 radical (unpaired) electrons. The van der Waals surface area contributed by atoms with E-state index in [4.69, 9.17) is 4.74 Å². The van der Waals surface area contributed by atoms with Crippen LogP contribution in [-0.4, -0.2) is 31.7 Å². The van der Waals surface area contributed by atoms with Gasteiger partial charge in [-0.25, -0.2) is 9.18 Å². The summed E-state index contributed by atoms with van der Waals surface area (Å²) in [5.41, 5.74) is 0.0167. The van der Waals surface area contributed by atoms with Crippen LogP contribution >= 0.6 is 0 Å². The molecule has 0 spiro atoms. The average Bonchev–Trinajstić information content (AvgIpc) is 2.40. The smallest absolute Gasteiger partial charge is 0.341 e. The lowest BCUT2D eigenvalue weighted by molar-refractivity contribution is -0.907. The number of benzene rings is 1. The van der Waals surface area contributed by atoms with Crippen LogP contribution < -0.4 is 4.90 Å². The van der Waals surface area contributed by atoms with Gasteiger partial charge >= 0.3 is 5.97 Å². The van der Waals surface area contributed by atoms with Gasteiger partial charge in [0.15, 0.2) is 0 Å². The molecule has 0 aromatic heterocycles. The quantitative estimate of drug-likeness (QED) is 0.836. The van der Waals surface area contributed by atoms with Gasteiger partial charge in [0, 0.05) is 0 Å². The lowest BCUT2D eigenvalue weighted by Gasteiger charge is -2.26. The Morgan fingerprint density at radius 2 is 2.00 bits per heavy atom. The molecule has 0 amide bonds. The molecule has 1 saturated heterocycles. The summed E-state index contributed by atoms with van der Waals surface area (Å²) in [5, 5.41) is 0. The maximum absolute atomic E-state index is 13.4. The van der Waals surface area contributed by atoms with Gasteiger partial charge in [0.25, 0.3) is 0 Å². The van der Waals surface area contributed by atoms with Crippen molar-refractivity contribution in [1.82, 2.24) is 0 Å². The fraction of sp³-hybridized carbons (Fsp3) is 0.533. The second kappa shape index (κ2) is 6.66. The van der Waals surface area contributed by atoms with Gasteiger partial charge in [0.05, 0.1) is 18.7 Å². The lowest BCUT2D eigenvalue weighted by Crippen LogP contribution is -3.13. The van der Waals surface area contributed by atoms with Crippen LogP contribution in [0.25, 0.3) is 0 Å². The minimum atomic E-state index is -0.568. The number of nitrogens with one attached hydrogen (secondary N) is 1. The highest BCUT2D eigenvalue weighted by atomic mass is 19.1. The van der Waals surface area contributed by atoms with E-state index in [1.807, 2.05) is 6.92 Å². The van der Waals surface area contributed by atoms with Crippen molar-refractivity contribution in [3.63, 3.8) is 0 Å². The van der Waals surface area contributed by atoms with Crippen molar-refractivity contribution in [3.05, 3.63) is 35.6 Å². The maximum Gasteiger partial charge on any atom is 0.341 e. The SMILES string of the molecule is C[C@H](C[NH+]1CCCCC1)OC(=O)c1ccccc1F. The van der Waals surface area contributed by atoms with E-state index in [1.54, 1.807) is 12.1 Å². The number of esters is 1. The van der Waals surface area contributed by atoms with E-state index in [1.165, 1.54) is 36.3 Å². The third-order valence-corrected chi connectivity index (χ3v) is 3.54. The molecule has 104 valence electrons. The average molecular weight is 266 g/mol. The molecule has 1 aromatic carbocycles. The Labute approximate surface area is 113 Å². The Kier molecular flexibility index (Phi) is 4.91. The van der Waals surface area contributed by atoms with Crippen molar-refractivity contribution < 1.29 is 18.8 Å². The Hall–Kier alpha value is -1.42. The molecule has 0 bridgehead atoms. The Bertz CT molecular complexity index is 430. The number of ether oxygens (including phenoxy) is 1. The fourth-order valence-corrected chi connectivity index (χ4v) is 2.58. The third kappa shape index (κ3) is 4.03. The molecule has 1 aliphatic rings. The number of likely N-dealkylation sites (tertiary alicyclic amines) is 1. The van der Waals surface area contributed by atoms with Crippen LogP contribution in [-0.2, 0) is 4.74 Å². The molecule has 1 aromatic rings. The molecule has 1 N–H and O–H groups in total. The predicted octanol–water partition coefficient (Wildman–Crippen LogP) is 1.44. The Morgan fingerprint density at radius 3 is 2.68 bits per heavy atom. The van der Waals surface area contributed by atoms with Gasteiger partial charge in [-0.1, -0.05) is 12.1 Å². The summed E-state index contributed by atoms with van der Waals surface area (Å²) < 4.78 is 18.8. The van der Waals surface area contributed by atoms with Crippen LogP contribution in [0.15, 0.2) is 24.3 Å². The monoisotopic (exact) mass is 266 g/mol. The summed E-state index contributed by atoms with van der Waals surface area (Å²) in [5.74, 6) is -1.09. The van der Waals surface area contributed by atoms with Crippen LogP contribution in [0.3, 0.4) is 0 Å². The van der Waals surface area contributed by atoms with Gasteiger partial charge < -0.3 is 9.64 Å². The fourth-order valence-electron chi connectivity index (χ4n) is 2.58. The van der Waals surface area contributed by atoms with E-state index in [0.29, 0.717) is 0 Å². The summed E-state index contributed by atoms with van der Waals surface area (Å²) in [7, 11) is 0. The summed E-state index contributed by atoms with van der Waals surface area (Å²) in [4.78, 5) is 13.3. The van der Waals surface area contributed by atoms with E-state index < -0.39 is 11.8 Å². The zero-order chi connectivity index (χ0) is 13.7. The first-order valence-corrected chi connectivity index (χ1v) is 6.96. The van der Waals surface area contributed by atoms with Crippen molar-refractivity contribution in [3.8, 4) is 0 Å². The summed E-state index contributed by atoms with van der Waals surface area (Å²) in [6, 6.07) is 5.93. The molecule has 19 heavy (non-hydrogen) atoms. The predicted molar refractivity (Wildman–Crippen MR) is 70.7 cm³/mol. The third-order valence-electron chi connectivity index (χ3n) is 3.54. The maximum atomic E-state index is 13.4. The largest absolute Gasteiger partial charge is 0.453 e. The van der Waals surface area contributed by atoms with Crippen molar-refractivity contribution in [2.45, 2.75) is 32.3 Å². The van der Waals surface area contributed by atoms with E-state index in [-0.39, 0.29) is 11.7 Å². The first-order chi connectivity index (χ1) is 9.16. The molecule has 1 atom stereocenters. The van der Waals surface area contributed by atoms with Gasteiger partial charge in [0.1, 0.15) is 18.5 Å². The van der Waals surface area contributed by atoms with E-state index in [2.05, 4.69) is 0 Å². The number of halogens is 1. The number of carbonyl (C=O) groups excluding carboxylic acids is 1. The highest BCUT2D eigenvalue weighted by Gasteiger charge is 2.21. The van der Waals surface area contributed by atoms with Crippen LogP contribution in [0, 0.1) is 5.82 Å². The molecule has 3 nitrogen and oxygen atoms in total. The van der Waals surface area contributed by atoms with Gasteiger partial charge in [0.2, 0.25) is 0 Å². The number of piperidine rings is 1. The van der Waals surface area contributed by atoms with Crippen molar-refractivity contribution >= 4 is 5.97 Å². The zero-order valence-electron chi connectivity index (χ0n) is 11.3. The zero-order valence-corrected chi connectivity index (χ0v) is 11.3. The highest BCUT2D eigenvalue weighted by Crippen LogP contribution is 2.09. The van der Waals surface area contributed by atoms with E-state index in [0.717, 1.165) is 19.6 Å². The van der Waals surface area contributed by atoms with Crippen LogP contribution in [0.1, 0.15) is 36.5 Å². The summed E-state index contributed by atoms with van der Waals surface area (Å²) in [6.45, 7) is 4.96. The molecular formula is C15H21FNO2+. The number of rotatable bonds is 4. The number of carbonyl (C=O) groups is 1. The molecule has 0 saturated carbocycles. The van der Waals surface area contributed by atoms with Crippen molar-refractivity contribution in [2.75, 3.05) is 19.6 Å². The normalized spacial score (nSPS) is 18.0. The molecule has 4 heteroatoms. The topological polar surface area (TPSA) is 30.7 Å². The molecular weight excluding hydrogens is 245 g/mol. The second-order valence-electron chi connectivity index (χ2n) is 5.21. The van der Waals surface area contributed by atoms with E-state index in [9.17, 15) is 9.18 Å². The summed E-state index contributed by atoms with van der Waals surface area (Å²) >= 11 is 0. The van der Waals surface area contributed by atoms with Crippen molar-refractivity contribution in [1.29, 1.82) is 0 Å². The Balaban J connectivity index is 1.86. The number of hydrogen-bond acceptors (Lipinski definition) is 2. The molecule has 0 unspecified atom stereocenters. The summed E-state index contributed by atoms with van der Waals surface area (Å²) in [6.07, 6.45) is 3.60. The van der Waals surface area contributed by atoms with Gasteiger partial charge in [-0.3, -0.25) is 0 Å². The molecule has 1 aliphatic heterocycles. The van der Waals surface area contributed by atoms with Crippen LogP contribution in [0.4, 0.5) is 4.39 Å². The molecule has 2 rings (SSSR count). The number of quaternary nitrogens is 1. The Morgan fingerprint density at radius 1 is 1.32 bits per heavy atom. The van der Waals surface area contributed by atoms with Gasteiger partial charge in [-0.15, -0.1) is 0 Å². The van der Waals surface area contributed by atoms with Crippen LogP contribution in [0.2, 0.25) is 0 Å². The van der Waals surface area contributed by atoms with E-state index >= 15 is 0 Å². The molecule has 1 heterocycles. The highest BCUT2D eigenvalue weighted by molar-refractivity contribution is 5.89. The molecule has 1 fully saturated rings. The van der Waals surface area contributed by atoms with Crippen LogP contribution in [0.5, 0.6) is 0 Å². The van der Waals surface area contributed by atoms with Gasteiger partial charge in [-0.2, -0.15) is 0 Å². The second-order valence-corrected chi connectivity index (χ2v) is 5.21. The first kappa shape index (κ1) is 14.0. The minimum absolute atomic E-state index is 0.0167. The van der Waals surface area contributed by atoms with Gasteiger partial charge in [-0.05, 0) is 38.3 Å². The minimum Gasteiger partial charge on any atom is -0.453 e. The first-order valence-electron chi connectivity index (χ1n) is 6.96. The molecule has 0 aliphatic carbocycles. The lowest BCUT2D eigenvalue weighted by atomic mass is 10.1. The standard InChI is InChI=1S/C15H20FNO2/c1-12(11-17-9-5-2-6-10-17)19-15(18)13-7-3-4-8-14(13)16/h3-4,7-8,12H,2,5-6,9-11H2,1H3/p+1/t12-/m1/s1. The van der Waals surface area contributed by atoms with Crippen molar-refractivity contribution in [2.24, 2.45) is 0 Å².